The highest BCUT2D eigenvalue weighted by Crippen LogP contribution is 2.67. The molecule has 10 rings (SSSR count). The largest absolute Gasteiger partial charge is 0.490 e. The molecule has 2 aromatic carbocycles. The molecule has 1 aliphatic carbocycles. The molecule has 2 bridgehead atoms. The number of benzene rings is 2. The molecule has 22 nitrogen and oxygen atoms in total. The second kappa shape index (κ2) is 26.0. The van der Waals surface area contributed by atoms with Crippen LogP contribution in [-0.2, 0) is 71.8 Å². The molecule has 480 valence electrons. The summed E-state index contributed by atoms with van der Waals surface area (Å²) in [7, 11) is 1.80. The number of hydrazine groups is 1. The maximum atomic E-state index is 15.2. The second-order valence-electron chi connectivity index (χ2n) is 23.1. The molecule has 88 heavy (non-hydrogen) atoms. The highest BCUT2D eigenvalue weighted by Gasteiger charge is 2.79. The summed E-state index contributed by atoms with van der Waals surface area (Å²) in [4.78, 5) is 108. The molecule has 28 heteroatoms. The van der Waals surface area contributed by atoms with Gasteiger partial charge in [0.05, 0.1) is 31.3 Å². The normalized spacial score (nSPS) is 27.6. The van der Waals surface area contributed by atoms with Crippen molar-refractivity contribution < 1.29 is 101 Å². The average molecular weight is 1250 g/mol. The van der Waals surface area contributed by atoms with Gasteiger partial charge in [0, 0.05) is 112 Å². The van der Waals surface area contributed by atoms with Gasteiger partial charge in [-0.25, -0.2) is 9.59 Å². The van der Waals surface area contributed by atoms with E-state index in [0.717, 1.165) is 52.1 Å². The van der Waals surface area contributed by atoms with E-state index in [2.05, 4.69) is 50.8 Å². The van der Waals surface area contributed by atoms with Gasteiger partial charge in [-0.1, -0.05) is 61.9 Å². The molecule has 1 saturated heterocycles. The number of nitrogens with one attached hydrogen (secondary N) is 3. The Labute approximate surface area is 502 Å². The van der Waals surface area contributed by atoms with Crippen LogP contribution in [0.15, 0.2) is 72.4 Å². The van der Waals surface area contributed by atoms with E-state index in [1.807, 2.05) is 48.2 Å². The number of aliphatic hydroxyl groups is 3. The summed E-state index contributed by atoms with van der Waals surface area (Å²) in [5, 5.41) is 53.1. The highest BCUT2D eigenvalue weighted by atomic mass is 19.4. The molecule has 9 atom stereocenters. The van der Waals surface area contributed by atoms with Crippen LogP contribution in [0.2, 0.25) is 0 Å². The van der Waals surface area contributed by atoms with Crippen LogP contribution in [0, 0.1) is 11.3 Å². The number of Topliss-reactive ketones (excluding diaryl/α,β-unsaturated/α-hetero) is 2. The molecule has 1 aromatic heterocycles. The number of carbonyl (C=O) groups excluding carboxylic acids is 6. The zero-order valence-corrected chi connectivity index (χ0v) is 48.8. The first kappa shape index (κ1) is 66.6. The van der Waals surface area contributed by atoms with Gasteiger partial charge in [0.15, 0.2) is 5.60 Å². The molecule has 2 fully saturated rings. The fraction of sp³-hybridized carbons (Fsp3) is 0.533. The van der Waals surface area contributed by atoms with E-state index in [1.54, 1.807) is 14.0 Å². The Hall–Kier alpha value is -7.34. The summed E-state index contributed by atoms with van der Waals surface area (Å²) in [5.41, 5.74) is 5.87. The Kier molecular flexibility index (Phi) is 19.7. The zero-order valence-electron chi connectivity index (χ0n) is 48.8. The van der Waals surface area contributed by atoms with E-state index in [9.17, 15) is 65.6 Å². The third-order valence-corrected chi connectivity index (χ3v) is 18.2. The van der Waals surface area contributed by atoms with Crippen molar-refractivity contribution in [3.05, 3.63) is 100 Å². The van der Waals surface area contributed by atoms with Gasteiger partial charge in [0.2, 0.25) is 0 Å². The van der Waals surface area contributed by atoms with E-state index in [1.165, 1.54) is 17.7 Å². The number of ether oxygens (including phenoxy) is 2. The molecule has 1 saturated carbocycles. The third kappa shape index (κ3) is 12.3. The number of amides is 4. The molecule has 0 radical (unpaired) electrons. The molecular formula is C60H73F6N7O15. The van der Waals surface area contributed by atoms with Crippen molar-refractivity contribution in [3.63, 3.8) is 0 Å². The van der Waals surface area contributed by atoms with Gasteiger partial charge in [0.25, 0.3) is 23.6 Å². The van der Waals surface area contributed by atoms with Crippen LogP contribution in [0.25, 0.3) is 10.9 Å². The Bertz CT molecular complexity index is 3300. The number of para-hydroxylation sites is 1. The van der Waals surface area contributed by atoms with Crippen LogP contribution in [0.4, 0.5) is 32.0 Å². The van der Waals surface area contributed by atoms with Gasteiger partial charge < -0.3 is 44.9 Å². The minimum atomic E-state index is -5.08. The number of alkyl halides is 6. The first-order valence-corrected chi connectivity index (χ1v) is 28.7. The molecule has 1 spiro atoms. The summed E-state index contributed by atoms with van der Waals surface area (Å²) < 4.78 is 74.5. The monoisotopic (exact) mass is 1250 g/mol. The first-order chi connectivity index (χ1) is 41.5. The van der Waals surface area contributed by atoms with Gasteiger partial charge in [-0.05, 0) is 85.9 Å². The predicted molar refractivity (Wildman–Crippen MR) is 303 cm³/mol. The maximum Gasteiger partial charge on any atom is 0.490 e. The topological polar surface area (TPSA) is 309 Å². The standard InChI is InChI=1S/C56H69N7O11.2C2HF3O2.H2/c1-5-35-25-36-28-55(34(3)65,48-40(31-61(29-35)30-36)39-12-7-8-13-43(39)57-48)41-27-42-44(26-37(41)32-64)60(4)50-54(42)18-21-62-19-10-17-53(6-2,49(54)62)51(70)56(50,72)52(71)59-58-45(67)33-74-24-23-73-22-9-11-38(66)16-20-63-46(68)14-15-47(63)69;2*3-2(4,5)1(6)7;/h7-8,10,12-15,17,25-27,36,49-51,57,64,70,72H,5-6,9,11,16,18-24,28-33H2,1-4H3,(H,58,67)(H,59,71);2*(H,6,7);1H/t36?,49?,50?,51-,53-,54-,55+,56+;;;/m1.../s1. The number of anilines is 1. The average Bonchev–Trinajstić information content (AvgIpc) is 1.53. The smallest absolute Gasteiger partial charge is 0.475 e. The van der Waals surface area contributed by atoms with Crippen LogP contribution >= 0.6 is 0 Å². The van der Waals surface area contributed by atoms with Crippen molar-refractivity contribution in [2.45, 2.75) is 126 Å². The number of carboxylic acids is 2. The fourth-order valence-corrected chi connectivity index (χ4v) is 14.5. The minimum absolute atomic E-state index is 0. The number of likely N-dealkylation sites (N-methyl/N-ethyl adjacent to an activating group) is 1. The molecule has 8 N–H and O–H groups in total. The van der Waals surface area contributed by atoms with Crippen molar-refractivity contribution in [2.75, 3.05) is 71.1 Å². The lowest BCUT2D eigenvalue weighted by Gasteiger charge is -2.63. The van der Waals surface area contributed by atoms with Crippen molar-refractivity contribution in [1.29, 1.82) is 0 Å². The number of H-pyrrole nitrogens is 1. The number of carboxylic acid groups (broad SMARTS) is 2. The van der Waals surface area contributed by atoms with Gasteiger partial charge >= 0.3 is 24.3 Å². The third-order valence-electron chi connectivity index (χ3n) is 18.2. The molecule has 4 unspecified atom stereocenters. The summed E-state index contributed by atoms with van der Waals surface area (Å²) >= 11 is 0. The van der Waals surface area contributed by atoms with Gasteiger partial charge in [-0.2, -0.15) is 26.3 Å². The lowest BCUT2D eigenvalue weighted by molar-refractivity contribution is -0.204. The summed E-state index contributed by atoms with van der Waals surface area (Å²) in [5.74, 6) is -8.22. The number of aliphatic hydroxyl groups excluding tert-OH is 2. The number of imide groups is 1. The highest BCUT2D eigenvalue weighted by molar-refractivity contribution is 6.13. The quantitative estimate of drug-likeness (QED) is 0.0290. The number of halogens is 6. The summed E-state index contributed by atoms with van der Waals surface area (Å²) in [6, 6.07) is 10.7. The Morgan fingerprint density at radius 1 is 0.875 bits per heavy atom. The van der Waals surface area contributed by atoms with Gasteiger partial charge in [0.1, 0.15) is 24.3 Å². The van der Waals surface area contributed by atoms with E-state index in [4.69, 9.17) is 29.3 Å². The lowest BCUT2D eigenvalue weighted by Crippen LogP contribution is -2.82. The van der Waals surface area contributed by atoms with Gasteiger partial charge in [-0.15, -0.1) is 0 Å². The van der Waals surface area contributed by atoms with Crippen LogP contribution in [-0.4, -0.2) is 195 Å². The molecule has 6 aliphatic heterocycles. The number of aliphatic carboxylic acids is 2. The molecule has 3 aromatic rings. The van der Waals surface area contributed by atoms with E-state index < -0.39 is 88.5 Å². The number of hydrogen-bond acceptors (Lipinski definition) is 16. The summed E-state index contributed by atoms with van der Waals surface area (Å²) in [6.07, 6.45) is -0.226. The van der Waals surface area contributed by atoms with Crippen LogP contribution in [0.5, 0.6) is 0 Å². The number of aromatic amines is 1. The van der Waals surface area contributed by atoms with Crippen molar-refractivity contribution >= 4 is 63.7 Å². The maximum absolute atomic E-state index is 15.2. The van der Waals surface area contributed by atoms with E-state index in [0.29, 0.717) is 62.1 Å². The lowest BCUT2D eigenvalue weighted by atomic mass is 9.47. The Morgan fingerprint density at radius 2 is 1.53 bits per heavy atom. The number of aromatic nitrogens is 1. The van der Waals surface area contributed by atoms with Crippen molar-refractivity contribution in [1.82, 2.24) is 30.5 Å². The van der Waals surface area contributed by atoms with Crippen molar-refractivity contribution in [2.24, 2.45) is 11.3 Å². The van der Waals surface area contributed by atoms with E-state index in [-0.39, 0.29) is 70.8 Å². The van der Waals surface area contributed by atoms with Crippen LogP contribution in [0.3, 0.4) is 0 Å². The number of rotatable bonds is 18. The Balaban J connectivity index is 0.000000674. The molecule has 7 aliphatic rings. The van der Waals surface area contributed by atoms with Crippen molar-refractivity contribution in [3.8, 4) is 0 Å². The number of ketones is 2. The summed E-state index contributed by atoms with van der Waals surface area (Å²) in [6.45, 7) is 8.83. The number of nitrogens with zero attached hydrogens (tertiary/aromatic N) is 4. The molecular weight excluding hydrogens is 1170 g/mol. The predicted octanol–water partition coefficient (Wildman–Crippen LogP) is 4.27. The second-order valence-corrected chi connectivity index (χ2v) is 23.1. The van der Waals surface area contributed by atoms with Gasteiger partial charge in [-0.3, -0.25) is 54.3 Å². The number of hydrogen-bond donors (Lipinski definition) is 8. The number of carbonyl (C=O) groups is 8. The van der Waals surface area contributed by atoms with Crippen LogP contribution < -0.4 is 15.8 Å². The van der Waals surface area contributed by atoms with Crippen LogP contribution in [0.1, 0.15) is 95.1 Å². The SMILES string of the molecule is CCC1=CC2CN(C1)Cc1c([nH]c3ccccc13)[C@@](C(C)=O)(c1cc3c(cc1CO)N(C)C1[C@]34CCN3CC=C[C@](CC)(C34)[C@@H](O)[C@]1(O)C(=O)NNC(=O)COCCOCCCC(=O)CCN1C(=O)C=CC1=O)C2.O=C(O)C(F)(F)F.O=C(O)C(F)(F)F.[HH]. The Morgan fingerprint density at radius 3 is 2.16 bits per heavy atom. The fourth-order valence-electron chi connectivity index (χ4n) is 14.5. The molecule has 7 heterocycles. The zero-order chi connectivity index (χ0) is 64.5. The molecule has 4 amide bonds. The first-order valence-electron chi connectivity index (χ1n) is 28.7. The minimum Gasteiger partial charge on any atom is -0.475 e. The number of fused-ring (bicyclic) bond motifs is 6. The van der Waals surface area contributed by atoms with E-state index >= 15 is 4.79 Å².